The fourth-order valence-electron chi connectivity index (χ4n) is 2.58. The van der Waals surface area contributed by atoms with Gasteiger partial charge in [-0.15, -0.1) is 0 Å². The van der Waals surface area contributed by atoms with Gasteiger partial charge in [-0.2, -0.15) is 0 Å². The summed E-state index contributed by atoms with van der Waals surface area (Å²) in [5, 5.41) is 12.0. The molecule has 1 aromatic carbocycles. The van der Waals surface area contributed by atoms with E-state index in [9.17, 15) is 19.1 Å². The standard InChI is InChI=1S/C17H22FNO3/c1-11(6-7-12-4-3-5-14(18)10-12)15(20)19-17(2,16(21)22)13-8-9-13/h3-5,10-11,13H,6-9H2,1-2H3,(H,19,20)(H,21,22)/t11-,17-/m0/s1. The van der Waals surface area contributed by atoms with Crippen molar-refractivity contribution in [2.24, 2.45) is 11.8 Å². The SMILES string of the molecule is C[C@@H](CCc1cccc(F)c1)C(=O)N[C@](C)(C(=O)O)C1CC1. The molecular weight excluding hydrogens is 285 g/mol. The van der Waals surface area contributed by atoms with Gasteiger partial charge in [-0.05, 0) is 56.2 Å². The quantitative estimate of drug-likeness (QED) is 0.814. The van der Waals surface area contributed by atoms with Crippen molar-refractivity contribution in [3.63, 3.8) is 0 Å². The number of carboxylic acids is 1. The number of hydrogen-bond donors (Lipinski definition) is 2. The molecular formula is C17H22FNO3. The Hall–Kier alpha value is -1.91. The highest BCUT2D eigenvalue weighted by molar-refractivity contribution is 5.88. The molecule has 2 rings (SSSR count). The fourth-order valence-corrected chi connectivity index (χ4v) is 2.58. The zero-order chi connectivity index (χ0) is 16.3. The van der Waals surface area contributed by atoms with Crippen molar-refractivity contribution in [3.8, 4) is 0 Å². The van der Waals surface area contributed by atoms with Crippen LogP contribution in [-0.2, 0) is 16.0 Å². The summed E-state index contributed by atoms with van der Waals surface area (Å²) in [6.45, 7) is 3.34. The Kier molecular flexibility index (Phi) is 4.84. The average molecular weight is 307 g/mol. The molecule has 120 valence electrons. The molecule has 2 N–H and O–H groups in total. The van der Waals surface area contributed by atoms with E-state index in [1.54, 1.807) is 19.9 Å². The zero-order valence-corrected chi connectivity index (χ0v) is 12.9. The summed E-state index contributed by atoms with van der Waals surface area (Å²) < 4.78 is 13.1. The van der Waals surface area contributed by atoms with Gasteiger partial charge in [0.05, 0.1) is 0 Å². The molecule has 0 radical (unpaired) electrons. The first kappa shape index (κ1) is 16.5. The van der Waals surface area contributed by atoms with Gasteiger partial charge in [0.15, 0.2) is 0 Å². The van der Waals surface area contributed by atoms with Crippen molar-refractivity contribution in [1.82, 2.24) is 5.32 Å². The van der Waals surface area contributed by atoms with Gasteiger partial charge in [0, 0.05) is 5.92 Å². The van der Waals surface area contributed by atoms with Crippen LogP contribution in [0.2, 0.25) is 0 Å². The van der Waals surface area contributed by atoms with Gasteiger partial charge in [0.2, 0.25) is 5.91 Å². The zero-order valence-electron chi connectivity index (χ0n) is 12.9. The summed E-state index contributed by atoms with van der Waals surface area (Å²) in [6, 6.07) is 6.30. The van der Waals surface area contributed by atoms with Crippen LogP contribution in [0.3, 0.4) is 0 Å². The van der Waals surface area contributed by atoms with Crippen molar-refractivity contribution in [2.45, 2.75) is 45.1 Å². The Morgan fingerprint density at radius 2 is 2.14 bits per heavy atom. The number of halogens is 1. The number of benzene rings is 1. The van der Waals surface area contributed by atoms with E-state index in [1.807, 2.05) is 6.07 Å². The highest BCUT2D eigenvalue weighted by atomic mass is 19.1. The van der Waals surface area contributed by atoms with Crippen LogP contribution in [0.1, 0.15) is 38.7 Å². The lowest BCUT2D eigenvalue weighted by Crippen LogP contribution is -2.55. The minimum absolute atomic E-state index is 0.0179. The number of amides is 1. The van der Waals surface area contributed by atoms with Gasteiger partial charge in [0.25, 0.3) is 0 Å². The fraction of sp³-hybridized carbons (Fsp3) is 0.529. The predicted molar refractivity (Wildman–Crippen MR) is 80.8 cm³/mol. The minimum atomic E-state index is -1.18. The summed E-state index contributed by atoms with van der Waals surface area (Å²) in [4.78, 5) is 23.7. The maximum Gasteiger partial charge on any atom is 0.329 e. The van der Waals surface area contributed by atoms with E-state index in [0.29, 0.717) is 12.8 Å². The van der Waals surface area contributed by atoms with Gasteiger partial charge in [-0.25, -0.2) is 9.18 Å². The molecule has 1 amide bonds. The highest BCUT2D eigenvalue weighted by Gasteiger charge is 2.48. The van der Waals surface area contributed by atoms with Crippen molar-refractivity contribution in [2.75, 3.05) is 0 Å². The number of rotatable bonds is 7. The number of nitrogens with one attached hydrogen (secondary N) is 1. The number of carbonyl (C=O) groups is 2. The normalized spacial score (nSPS) is 18.3. The Morgan fingerprint density at radius 3 is 2.68 bits per heavy atom. The second-order valence-corrected chi connectivity index (χ2v) is 6.34. The Bertz CT molecular complexity index is 571. The van der Waals surface area contributed by atoms with Crippen LogP contribution in [0, 0.1) is 17.7 Å². The predicted octanol–water partition coefficient (Wildman–Crippen LogP) is 2.76. The molecule has 0 unspecified atom stereocenters. The van der Waals surface area contributed by atoms with Gasteiger partial charge < -0.3 is 10.4 Å². The molecule has 5 heteroatoms. The highest BCUT2D eigenvalue weighted by Crippen LogP contribution is 2.39. The maximum absolute atomic E-state index is 13.1. The summed E-state index contributed by atoms with van der Waals surface area (Å²) in [5.74, 6) is -1.83. The van der Waals surface area contributed by atoms with Crippen LogP contribution in [0.25, 0.3) is 0 Å². The molecule has 0 saturated heterocycles. The molecule has 1 saturated carbocycles. The van der Waals surface area contributed by atoms with E-state index in [-0.39, 0.29) is 23.6 Å². The molecule has 1 aliphatic rings. The van der Waals surface area contributed by atoms with E-state index in [4.69, 9.17) is 0 Å². The number of carbonyl (C=O) groups excluding carboxylic acids is 1. The largest absolute Gasteiger partial charge is 0.480 e. The first-order valence-corrected chi connectivity index (χ1v) is 7.63. The van der Waals surface area contributed by atoms with Crippen molar-refractivity contribution >= 4 is 11.9 Å². The van der Waals surface area contributed by atoms with Crippen LogP contribution in [-0.4, -0.2) is 22.5 Å². The molecule has 4 nitrogen and oxygen atoms in total. The van der Waals surface area contributed by atoms with Gasteiger partial charge in [-0.3, -0.25) is 4.79 Å². The molecule has 0 spiro atoms. The summed E-state index contributed by atoms with van der Waals surface area (Å²) in [7, 11) is 0. The van der Waals surface area contributed by atoms with Crippen LogP contribution >= 0.6 is 0 Å². The van der Waals surface area contributed by atoms with E-state index in [1.165, 1.54) is 12.1 Å². The maximum atomic E-state index is 13.1. The lowest BCUT2D eigenvalue weighted by atomic mass is 9.93. The first-order valence-electron chi connectivity index (χ1n) is 7.63. The van der Waals surface area contributed by atoms with Crippen LogP contribution in [0.4, 0.5) is 4.39 Å². The molecule has 0 heterocycles. The molecule has 0 aromatic heterocycles. The average Bonchev–Trinajstić information content (AvgIpc) is 3.29. The smallest absolute Gasteiger partial charge is 0.329 e. The molecule has 1 aliphatic carbocycles. The topological polar surface area (TPSA) is 66.4 Å². The monoisotopic (exact) mass is 307 g/mol. The Balaban J connectivity index is 1.90. The van der Waals surface area contributed by atoms with E-state index >= 15 is 0 Å². The lowest BCUT2D eigenvalue weighted by molar-refractivity contribution is -0.148. The molecule has 2 atom stereocenters. The van der Waals surface area contributed by atoms with Crippen LogP contribution in [0.15, 0.2) is 24.3 Å². The third kappa shape index (κ3) is 3.84. The third-order valence-electron chi connectivity index (χ3n) is 4.42. The number of carboxylic acid groups (broad SMARTS) is 1. The van der Waals surface area contributed by atoms with E-state index in [0.717, 1.165) is 18.4 Å². The Morgan fingerprint density at radius 1 is 1.45 bits per heavy atom. The van der Waals surface area contributed by atoms with Crippen molar-refractivity contribution in [1.29, 1.82) is 0 Å². The minimum Gasteiger partial charge on any atom is -0.480 e. The van der Waals surface area contributed by atoms with E-state index < -0.39 is 11.5 Å². The number of aryl methyl sites for hydroxylation is 1. The number of hydrogen-bond acceptors (Lipinski definition) is 2. The second-order valence-electron chi connectivity index (χ2n) is 6.34. The summed E-state index contributed by atoms with van der Waals surface area (Å²) in [5.41, 5.74) is -0.340. The second kappa shape index (κ2) is 6.46. The van der Waals surface area contributed by atoms with Crippen molar-refractivity contribution in [3.05, 3.63) is 35.6 Å². The van der Waals surface area contributed by atoms with E-state index in [2.05, 4.69) is 5.32 Å². The summed E-state index contributed by atoms with van der Waals surface area (Å²) >= 11 is 0. The molecule has 22 heavy (non-hydrogen) atoms. The van der Waals surface area contributed by atoms with Crippen LogP contribution in [0.5, 0.6) is 0 Å². The molecule has 1 fully saturated rings. The third-order valence-corrected chi connectivity index (χ3v) is 4.42. The molecule has 1 aromatic rings. The number of aliphatic carboxylic acids is 1. The molecule has 0 aliphatic heterocycles. The van der Waals surface area contributed by atoms with Gasteiger partial charge >= 0.3 is 5.97 Å². The van der Waals surface area contributed by atoms with Crippen molar-refractivity contribution < 1.29 is 19.1 Å². The molecule has 0 bridgehead atoms. The van der Waals surface area contributed by atoms with Crippen LogP contribution < -0.4 is 5.32 Å². The van der Waals surface area contributed by atoms with Gasteiger partial charge in [-0.1, -0.05) is 19.1 Å². The summed E-state index contributed by atoms with van der Waals surface area (Å²) in [6.07, 6.45) is 2.80. The first-order chi connectivity index (χ1) is 10.3. The Labute approximate surface area is 129 Å². The lowest BCUT2D eigenvalue weighted by Gasteiger charge is -2.27. The van der Waals surface area contributed by atoms with Gasteiger partial charge in [0.1, 0.15) is 11.4 Å².